The van der Waals surface area contributed by atoms with Crippen molar-refractivity contribution in [2.24, 2.45) is 0 Å². The van der Waals surface area contributed by atoms with E-state index in [-0.39, 0.29) is 0 Å². The smallest absolute Gasteiger partial charge is 0.247 e. The van der Waals surface area contributed by atoms with E-state index in [9.17, 15) is 0 Å². The molecule has 2 aromatic carbocycles. The maximum atomic E-state index is 5.80. The lowest BCUT2D eigenvalue weighted by molar-refractivity contribution is 0.222. The fraction of sp³-hybridized carbons (Fsp3) is 0.222. The Morgan fingerprint density at radius 1 is 0.909 bits per heavy atom. The summed E-state index contributed by atoms with van der Waals surface area (Å²) in [6, 6.07) is 18.5. The molecule has 0 unspecified atom stereocenters. The predicted octanol–water partition coefficient (Wildman–Crippen LogP) is 3.29. The van der Waals surface area contributed by atoms with Gasteiger partial charge in [0.25, 0.3) is 0 Å². The average Bonchev–Trinajstić information content (AvgIpc) is 3.04. The van der Waals surface area contributed by atoms with Crippen LogP contribution in [0.15, 0.2) is 59.0 Å². The second kappa shape index (κ2) is 5.73. The lowest BCUT2D eigenvalue weighted by Crippen LogP contribution is -2.30. The molecule has 0 spiro atoms. The highest BCUT2D eigenvalue weighted by Gasteiger charge is 2.18. The summed E-state index contributed by atoms with van der Waals surface area (Å²) in [5.74, 6) is 1.27. The first-order valence-corrected chi connectivity index (χ1v) is 7.55. The number of hydrogen-bond donors (Lipinski definition) is 0. The fourth-order valence-corrected chi connectivity index (χ4v) is 2.90. The van der Waals surface area contributed by atoms with E-state index in [4.69, 9.17) is 4.42 Å². The van der Waals surface area contributed by atoms with Crippen LogP contribution in [-0.2, 0) is 19.5 Å². The average molecular weight is 291 g/mol. The lowest BCUT2D eigenvalue weighted by Gasteiger charge is -2.27. The third-order valence-electron chi connectivity index (χ3n) is 4.06. The summed E-state index contributed by atoms with van der Waals surface area (Å²) < 4.78 is 5.80. The number of rotatable bonds is 3. The number of benzene rings is 2. The summed E-state index contributed by atoms with van der Waals surface area (Å²) in [5, 5.41) is 8.34. The summed E-state index contributed by atoms with van der Waals surface area (Å²) in [5.41, 5.74) is 3.82. The number of hydrogen-bond acceptors (Lipinski definition) is 4. The van der Waals surface area contributed by atoms with E-state index in [2.05, 4.69) is 39.4 Å². The minimum Gasteiger partial charge on any atom is -0.419 e. The van der Waals surface area contributed by atoms with Gasteiger partial charge in [-0.25, -0.2) is 0 Å². The van der Waals surface area contributed by atoms with Crippen LogP contribution >= 0.6 is 0 Å². The molecule has 1 aliphatic rings. The molecule has 0 saturated heterocycles. The van der Waals surface area contributed by atoms with Gasteiger partial charge < -0.3 is 4.42 Å². The Hall–Kier alpha value is -2.46. The van der Waals surface area contributed by atoms with Crippen LogP contribution in [0, 0.1) is 0 Å². The molecule has 1 aliphatic heterocycles. The van der Waals surface area contributed by atoms with Crippen molar-refractivity contribution < 1.29 is 4.42 Å². The number of fused-ring (bicyclic) bond motifs is 1. The van der Waals surface area contributed by atoms with E-state index in [1.807, 2.05) is 30.3 Å². The van der Waals surface area contributed by atoms with Crippen molar-refractivity contribution in [2.45, 2.75) is 19.5 Å². The van der Waals surface area contributed by atoms with Crippen molar-refractivity contribution >= 4 is 0 Å². The summed E-state index contributed by atoms with van der Waals surface area (Å²) in [4.78, 5) is 2.35. The number of nitrogens with zero attached hydrogens (tertiary/aromatic N) is 3. The third kappa shape index (κ3) is 2.65. The first-order chi connectivity index (χ1) is 10.9. The normalized spacial score (nSPS) is 14.7. The minimum atomic E-state index is 0.591. The molecule has 0 bridgehead atoms. The molecule has 22 heavy (non-hydrogen) atoms. The molecule has 2 heterocycles. The Balaban J connectivity index is 1.48. The Bertz CT molecular complexity index is 767. The van der Waals surface area contributed by atoms with Gasteiger partial charge in [-0.3, -0.25) is 4.90 Å². The third-order valence-corrected chi connectivity index (χ3v) is 4.06. The highest BCUT2D eigenvalue weighted by Crippen LogP contribution is 2.21. The maximum Gasteiger partial charge on any atom is 0.247 e. The van der Waals surface area contributed by atoms with Crippen molar-refractivity contribution in [1.82, 2.24) is 15.1 Å². The van der Waals surface area contributed by atoms with Gasteiger partial charge in [0, 0.05) is 18.7 Å². The zero-order valence-corrected chi connectivity index (χ0v) is 12.3. The molecule has 4 nitrogen and oxygen atoms in total. The van der Waals surface area contributed by atoms with E-state index in [0.717, 1.165) is 25.1 Å². The van der Waals surface area contributed by atoms with Gasteiger partial charge in [0.05, 0.1) is 6.54 Å². The molecule has 110 valence electrons. The topological polar surface area (TPSA) is 42.2 Å². The van der Waals surface area contributed by atoms with Gasteiger partial charge in [0.2, 0.25) is 11.8 Å². The van der Waals surface area contributed by atoms with Gasteiger partial charge in [-0.05, 0) is 29.7 Å². The largest absolute Gasteiger partial charge is 0.419 e. The van der Waals surface area contributed by atoms with Crippen molar-refractivity contribution in [1.29, 1.82) is 0 Å². The second-order valence-electron chi connectivity index (χ2n) is 5.60. The van der Waals surface area contributed by atoms with Crippen LogP contribution in [0.4, 0.5) is 0 Å². The van der Waals surface area contributed by atoms with Gasteiger partial charge in [-0.1, -0.05) is 42.5 Å². The van der Waals surface area contributed by atoms with Gasteiger partial charge >= 0.3 is 0 Å². The molecule has 0 N–H and O–H groups in total. The van der Waals surface area contributed by atoms with Crippen LogP contribution in [0.2, 0.25) is 0 Å². The van der Waals surface area contributed by atoms with E-state index in [0.29, 0.717) is 18.3 Å². The molecule has 0 radical (unpaired) electrons. The molecule has 0 atom stereocenters. The predicted molar refractivity (Wildman–Crippen MR) is 84.0 cm³/mol. The van der Waals surface area contributed by atoms with E-state index in [1.54, 1.807) is 0 Å². The monoisotopic (exact) mass is 291 g/mol. The first-order valence-electron chi connectivity index (χ1n) is 7.55. The fourth-order valence-electron chi connectivity index (χ4n) is 2.90. The molecule has 4 heteroatoms. The summed E-state index contributed by atoms with van der Waals surface area (Å²) >= 11 is 0. The van der Waals surface area contributed by atoms with Crippen LogP contribution < -0.4 is 0 Å². The molecular formula is C18H17N3O. The SMILES string of the molecule is c1ccc(-c2nnc(CN3CCc4ccccc4C3)o2)cc1. The molecule has 0 amide bonds. The zero-order chi connectivity index (χ0) is 14.8. The van der Waals surface area contributed by atoms with Crippen molar-refractivity contribution in [3.05, 3.63) is 71.6 Å². The molecule has 4 rings (SSSR count). The van der Waals surface area contributed by atoms with E-state index in [1.165, 1.54) is 11.1 Å². The second-order valence-corrected chi connectivity index (χ2v) is 5.60. The van der Waals surface area contributed by atoms with Crippen LogP contribution in [-0.4, -0.2) is 21.6 Å². The van der Waals surface area contributed by atoms with Crippen LogP contribution in [0.1, 0.15) is 17.0 Å². The maximum absolute atomic E-state index is 5.80. The summed E-state index contributed by atoms with van der Waals surface area (Å²) in [7, 11) is 0. The zero-order valence-electron chi connectivity index (χ0n) is 12.3. The van der Waals surface area contributed by atoms with Crippen molar-refractivity contribution in [2.75, 3.05) is 6.54 Å². The van der Waals surface area contributed by atoms with Crippen molar-refractivity contribution in [3.8, 4) is 11.5 Å². The highest BCUT2D eigenvalue weighted by molar-refractivity contribution is 5.51. The molecule has 0 saturated carbocycles. The Morgan fingerprint density at radius 2 is 1.68 bits per heavy atom. The van der Waals surface area contributed by atoms with Crippen LogP contribution in [0.3, 0.4) is 0 Å². The Kier molecular flexibility index (Phi) is 3.45. The van der Waals surface area contributed by atoms with Crippen LogP contribution in [0.25, 0.3) is 11.5 Å². The van der Waals surface area contributed by atoms with Gasteiger partial charge in [0.15, 0.2) is 0 Å². The quantitative estimate of drug-likeness (QED) is 0.742. The molecule has 0 fully saturated rings. The number of aromatic nitrogens is 2. The van der Waals surface area contributed by atoms with E-state index < -0.39 is 0 Å². The van der Waals surface area contributed by atoms with Crippen LogP contribution in [0.5, 0.6) is 0 Å². The Morgan fingerprint density at radius 3 is 2.55 bits per heavy atom. The Labute approximate surface area is 129 Å². The molecule has 1 aromatic heterocycles. The first kappa shape index (κ1) is 13.2. The van der Waals surface area contributed by atoms with Crippen molar-refractivity contribution in [3.63, 3.8) is 0 Å². The van der Waals surface area contributed by atoms with Gasteiger partial charge in [-0.15, -0.1) is 10.2 Å². The molecule has 3 aromatic rings. The van der Waals surface area contributed by atoms with Gasteiger partial charge in [0.1, 0.15) is 0 Å². The summed E-state index contributed by atoms with van der Waals surface area (Å²) in [6.45, 7) is 2.67. The molecular weight excluding hydrogens is 274 g/mol. The van der Waals surface area contributed by atoms with E-state index >= 15 is 0 Å². The van der Waals surface area contributed by atoms with Gasteiger partial charge in [-0.2, -0.15) is 0 Å². The highest BCUT2D eigenvalue weighted by atomic mass is 16.4. The lowest BCUT2D eigenvalue weighted by atomic mass is 10.00. The standard InChI is InChI=1S/C18H17N3O/c1-2-7-15(8-3-1)18-20-19-17(22-18)13-21-11-10-14-6-4-5-9-16(14)12-21/h1-9H,10-13H2. The summed E-state index contributed by atoms with van der Waals surface area (Å²) in [6.07, 6.45) is 1.08. The minimum absolute atomic E-state index is 0.591. The molecule has 0 aliphatic carbocycles.